The third-order valence-corrected chi connectivity index (χ3v) is 3.98. The van der Waals surface area contributed by atoms with Gasteiger partial charge in [-0.15, -0.1) is 0 Å². The molecule has 0 unspecified atom stereocenters. The van der Waals surface area contributed by atoms with E-state index in [0.29, 0.717) is 23.0 Å². The number of amides is 1. The van der Waals surface area contributed by atoms with E-state index in [9.17, 15) is 4.79 Å². The molecule has 0 saturated heterocycles. The van der Waals surface area contributed by atoms with Crippen LogP contribution >= 0.6 is 27.5 Å². The molecular formula is C15H12BrClN2O2. The van der Waals surface area contributed by atoms with Crippen LogP contribution in [0, 0.1) is 0 Å². The average molecular weight is 368 g/mol. The molecule has 0 fully saturated rings. The highest BCUT2D eigenvalue weighted by Crippen LogP contribution is 2.30. The first-order chi connectivity index (χ1) is 10.1. The maximum absolute atomic E-state index is 11.3. The number of ether oxygens (including phenoxy) is 1. The zero-order chi connectivity index (χ0) is 14.8. The lowest BCUT2D eigenvalue weighted by Gasteiger charge is -2.18. The second kappa shape index (κ2) is 5.95. The third kappa shape index (κ3) is 3.31. The summed E-state index contributed by atoms with van der Waals surface area (Å²) in [5.74, 6) is 0.569. The van der Waals surface area contributed by atoms with Gasteiger partial charge in [-0.1, -0.05) is 17.7 Å². The van der Waals surface area contributed by atoms with Crippen LogP contribution in [0.1, 0.15) is 5.56 Å². The molecule has 6 heteroatoms. The molecule has 1 aliphatic heterocycles. The van der Waals surface area contributed by atoms with E-state index in [1.54, 1.807) is 0 Å². The number of benzene rings is 2. The fourth-order valence-corrected chi connectivity index (χ4v) is 2.89. The summed E-state index contributed by atoms with van der Waals surface area (Å²) in [5, 5.41) is 6.80. The Hall–Kier alpha value is -1.72. The Balaban J connectivity index is 1.73. The van der Waals surface area contributed by atoms with Crippen LogP contribution in [0.15, 0.2) is 40.9 Å². The van der Waals surface area contributed by atoms with Crippen molar-refractivity contribution < 1.29 is 9.53 Å². The molecule has 108 valence electrons. The van der Waals surface area contributed by atoms with E-state index in [0.717, 1.165) is 15.7 Å². The van der Waals surface area contributed by atoms with Gasteiger partial charge in [-0.2, -0.15) is 0 Å². The molecule has 4 nitrogen and oxygen atoms in total. The fraction of sp³-hybridized carbons (Fsp3) is 0.133. The number of rotatable bonds is 3. The van der Waals surface area contributed by atoms with Gasteiger partial charge in [-0.3, -0.25) is 4.79 Å². The summed E-state index contributed by atoms with van der Waals surface area (Å²) in [6, 6.07) is 11.3. The molecule has 2 N–H and O–H groups in total. The molecule has 21 heavy (non-hydrogen) atoms. The summed E-state index contributed by atoms with van der Waals surface area (Å²) in [4.78, 5) is 11.3. The minimum Gasteiger partial charge on any atom is -0.482 e. The van der Waals surface area contributed by atoms with E-state index in [2.05, 4.69) is 26.6 Å². The molecule has 0 atom stereocenters. The molecule has 0 saturated carbocycles. The standard InChI is InChI=1S/C15H12BrClN2O2/c16-11-6-10(17)2-3-12(11)18-7-9-1-4-14-13(5-9)19-15(20)8-21-14/h1-6,18H,7-8H2,(H,19,20). The first-order valence-electron chi connectivity index (χ1n) is 6.36. The molecule has 1 amide bonds. The minimum atomic E-state index is -0.131. The van der Waals surface area contributed by atoms with Gasteiger partial charge < -0.3 is 15.4 Å². The number of fused-ring (bicyclic) bond motifs is 1. The molecule has 3 rings (SSSR count). The summed E-state index contributed by atoms with van der Waals surface area (Å²) in [5.41, 5.74) is 2.71. The van der Waals surface area contributed by atoms with Crippen LogP contribution in [0.5, 0.6) is 5.75 Å². The van der Waals surface area contributed by atoms with Crippen molar-refractivity contribution in [2.75, 3.05) is 17.2 Å². The van der Waals surface area contributed by atoms with Crippen molar-refractivity contribution in [1.82, 2.24) is 0 Å². The van der Waals surface area contributed by atoms with Gasteiger partial charge in [-0.05, 0) is 51.8 Å². The number of hydrogen-bond acceptors (Lipinski definition) is 3. The number of carbonyl (C=O) groups excluding carboxylic acids is 1. The second-order valence-electron chi connectivity index (χ2n) is 4.65. The van der Waals surface area contributed by atoms with Crippen molar-refractivity contribution in [1.29, 1.82) is 0 Å². The Morgan fingerprint density at radius 2 is 2.14 bits per heavy atom. The van der Waals surface area contributed by atoms with Crippen LogP contribution in [0.25, 0.3) is 0 Å². The topological polar surface area (TPSA) is 50.4 Å². The Morgan fingerprint density at radius 3 is 2.95 bits per heavy atom. The molecule has 1 aliphatic rings. The van der Waals surface area contributed by atoms with Gasteiger partial charge in [0.05, 0.1) is 5.69 Å². The van der Waals surface area contributed by atoms with Gasteiger partial charge >= 0.3 is 0 Å². The van der Waals surface area contributed by atoms with Crippen molar-refractivity contribution in [3.8, 4) is 5.75 Å². The van der Waals surface area contributed by atoms with E-state index in [-0.39, 0.29) is 12.5 Å². The highest BCUT2D eigenvalue weighted by Gasteiger charge is 2.15. The van der Waals surface area contributed by atoms with Crippen molar-refractivity contribution in [2.45, 2.75) is 6.54 Å². The quantitative estimate of drug-likeness (QED) is 0.860. The van der Waals surface area contributed by atoms with Gasteiger partial charge in [0.1, 0.15) is 5.75 Å². The molecule has 1 heterocycles. The van der Waals surface area contributed by atoms with Gasteiger partial charge in [-0.25, -0.2) is 0 Å². The summed E-state index contributed by atoms with van der Waals surface area (Å²) < 4.78 is 6.24. The molecule has 0 bridgehead atoms. The van der Waals surface area contributed by atoms with Crippen LogP contribution in [0.4, 0.5) is 11.4 Å². The predicted molar refractivity (Wildman–Crippen MR) is 87.0 cm³/mol. The van der Waals surface area contributed by atoms with Crippen molar-refractivity contribution in [3.05, 3.63) is 51.5 Å². The normalized spacial score (nSPS) is 13.1. The maximum atomic E-state index is 11.3. The lowest BCUT2D eigenvalue weighted by molar-refractivity contribution is -0.118. The van der Waals surface area contributed by atoms with Gasteiger partial charge in [0.15, 0.2) is 6.61 Å². The number of anilines is 2. The Morgan fingerprint density at radius 1 is 1.29 bits per heavy atom. The van der Waals surface area contributed by atoms with Crippen molar-refractivity contribution in [2.24, 2.45) is 0 Å². The number of carbonyl (C=O) groups is 1. The van der Waals surface area contributed by atoms with Crippen LogP contribution in [0.2, 0.25) is 5.02 Å². The summed E-state index contributed by atoms with van der Waals surface area (Å²) in [7, 11) is 0. The molecule has 0 radical (unpaired) electrons. The molecule has 0 spiro atoms. The molecule has 2 aromatic rings. The number of hydrogen-bond donors (Lipinski definition) is 2. The van der Waals surface area contributed by atoms with Crippen molar-refractivity contribution in [3.63, 3.8) is 0 Å². The smallest absolute Gasteiger partial charge is 0.262 e. The second-order valence-corrected chi connectivity index (χ2v) is 5.94. The zero-order valence-electron chi connectivity index (χ0n) is 11.0. The summed E-state index contributed by atoms with van der Waals surface area (Å²) >= 11 is 9.38. The molecular weight excluding hydrogens is 356 g/mol. The monoisotopic (exact) mass is 366 g/mol. The Kier molecular flexibility index (Phi) is 4.03. The van der Waals surface area contributed by atoms with Crippen molar-refractivity contribution >= 4 is 44.8 Å². The van der Waals surface area contributed by atoms with E-state index >= 15 is 0 Å². The largest absolute Gasteiger partial charge is 0.482 e. The SMILES string of the molecule is O=C1COc2ccc(CNc3ccc(Cl)cc3Br)cc2N1. The van der Waals surface area contributed by atoms with Crippen LogP contribution < -0.4 is 15.4 Å². The number of nitrogens with one attached hydrogen (secondary N) is 2. The third-order valence-electron chi connectivity index (χ3n) is 3.09. The molecule has 2 aromatic carbocycles. The Labute approximate surface area is 135 Å². The van der Waals surface area contributed by atoms with E-state index in [4.69, 9.17) is 16.3 Å². The summed E-state index contributed by atoms with van der Waals surface area (Å²) in [6.07, 6.45) is 0. The minimum absolute atomic E-state index is 0.0717. The highest BCUT2D eigenvalue weighted by molar-refractivity contribution is 9.10. The average Bonchev–Trinajstić information content (AvgIpc) is 2.46. The lowest BCUT2D eigenvalue weighted by atomic mass is 10.1. The maximum Gasteiger partial charge on any atom is 0.262 e. The van der Waals surface area contributed by atoms with Gasteiger partial charge in [0, 0.05) is 21.7 Å². The van der Waals surface area contributed by atoms with Crippen LogP contribution in [-0.4, -0.2) is 12.5 Å². The highest BCUT2D eigenvalue weighted by atomic mass is 79.9. The summed E-state index contributed by atoms with van der Waals surface area (Å²) in [6.45, 7) is 0.700. The van der Waals surface area contributed by atoms with E-state index in [1.807, 2.05) is 36.4 Å². The Bertz CT molecular complexity index is 706. The predicted octanol–water partition coefficient (Wildman–Crippen LogP) is 4.05. The van der Waals surface area contributed by atoms with Gasteiger partial charge in [0.2, 0.25) is 0 Å². The van der Waals surface area contributed by atoms with Crippen LogP contribution in [-0.2, 0) is 11.3 Å². The first-order valence-corrected chi connectivity index (χ1v) is 7.53. The number of halogens is 2. The van der Waals surface area contributed by atoms with Gasteiger partial charge in [0.25, 0.3) is 5.91 Å². The van der Waals surface area contributed by atoms with E-state index in [1.165, 1.54) is 0 Å². The fourth-order valence-electron chi connectivity index (χ4n) is 2.07. The lowest BCUT2D eigenvalue weighted by Crippen LogP contribution is -2.25. The molecule has 0 aromatic heterocycles. The van der Waals surface area contributed by atoms with E-state index < -0.39 is 0 Å². The first kappa shape index (κ1) is 14.2. The van der Waals surface area contributed by atoms with Crippen LogP contribution in [0.3, 0.4) is 0 Å². The molecule has 0 aliphatic carbocycles. The zero-order valence-corrected chi connectivity index (χ0v) is 13.3.